The quantitative estimate of drug-likeness (QED) is 0.418. The number of anilines is 1. The number of hydrogen-bond acceptors (Lipinski definition) is 4. The Kier molecular flexibility index (Phi) is 9.92. The van der Waals surface area contributed by atoms with Crippen molar-refractivity contribution in [3.63, 3.8) is 0 Å². The molecule has 3 rings (SSSR count). The van der Waals surface area contributed by atoms with Gasteiger partial charge in [0.1, 0.15) is 12.6 Å². The Bertz CT molecular complexity index is 1200. The highest BCUT2D eigenvalue weighted by atomic mass is 35.5. The van der Waals surface area contributed by atoms with Gasteiger partial charge in [-0.25, -0.2) is 8.42 Å². The van der Waals surface area contributed by atoms with E-state index < -0.39 is 28.5 Å². The lowest BCUT2D eigenvalue weighted by molar-refractivity contribution is -0.140. The van der Waals surface area contributed by atoms with Crippen LogP contribution < -0.4 is 9.62 Å². The third-order valence-corrected chi connectivity index (χ3v) is 8.28. The number of benzene rings is 2. The summed E-state index contributed by atoms with van der Waals surface area (Å²) in [6.07, 6.45) is 5.24. The fourth-order valence-electron chi connectivity index (χ4n) is 4.38. The summed E-state index contributed by atoms with van der Waals surface area (Å²) >= 11 is 18.6. The van der Waals surface area contributed by atoms with E-state index in [4.69, 9.17) is 34.8 Å². The molecule has 0 bridgehead atoms. The van der Waals surface area contributed by atoms with Crippen LogP contribution in [0.3, 0.4) is 0 Å². The average molecular weight is 575 g/mol. The summed E-state index contributed by atoms with van der Waals surface area (Å²) in [5.74, 6) is -0.819. The molecule has 2 amide bonds. The zero-order valence-electron chi connectivity index (χ0n) is 20.2. The number of halogens is 3. The van der Waals surface area contributed by atoms with Gasteiger partial charge in [-0.2, -0.15) is 0 Å². The highest BCUT2D eigenvalue weighted by Gasteiger charge is 2.33. The van der Waals surface area contributed by atoms with Crippen molar-refractivity contribution in [1.29, 1.82) is 0 Å². The molecule has 7 nitrogen and oxygen atoms in total. The highest BCUT2D eigenvalue weighted by Crippen LogP contribution is 2.31. The predicted octanol–water partition coefficient (Wildman–Crippen LogP) is 5.28. The minimum atomic E-state index is -3.90. The Morgan fingerprint density at radius 3 is 2.31 bits per heavy atom. The molecule has 1 N–H and O–H groups in total. The maximum Gasteiger partial charge on any atom is 0.244 e. The first-order valence-electron chi connectivity index (χ1n) is 11.8. The van der Waals surface area contributed by atoms with Crippen LogP contribution in [0.15, 0.2) is 42.5 Å². The standard InChI is InChI=1S/C25H30Cl3N3O4S/c1-3-22(25(33)29-19-9-5-6-10-19)30(15-17-8-4-7-11-20(17)27)24(32)16-31(36(2,34)35)23-13-12-18(26)14-21(23)28/h4,7-8,11-14,19,22H,3,5-6,9-10,15-16H2,1-2H3,(H,29,33)/t22-/m1/s1. The van der Waals surface area contributed by atoms with Gasteiger partial charge in [-0.3, -0.25) is 13.9 Å². The average Bonchev–Trinajstić information content (AvgIpc) is 3.31. The van der Waals surface area contributed by atoms with Crippen molar-refractivity contribution < 1.29 is 18.0 Å². The van der Waals surface area contributed by atoms with Crippen LogP contribution in [0.1, 0.15) is 44.6 Å². The molecule has 0 unspecified atom stereocenters. The normalized spacial score (nSPS) is 14.9. The molecule has 2 aromatic carbocycles. The molecule has 1 fully saturated rings. The van der Waals surface area contributed by atoms with E-state index in [1.165, 1.54) is 23.1 Å². The molecule has 36 heavy (non-hydrogen) atoms. The van der Waals surface area contributed by atoms with Gasteiger partial charge in [-0.05, 0) is 49.1 Å². The second-order valence-electron chi connectivity index (χ2n) is 8.89. The molecule has 0 spiro atoms. The van der Waals surface area contributed by atoms with Crippen molar-refractivity contribution >= 4 is 62.3 Å². The summed E-state index contributed by atoms with van der Waals surface area (Å²) in [7, 11) is -3.90. The van der Waals surface area contributed by atoms with Gasteiger partial charge in [-0.15, -0.1) is 0 Å². The minimum absolute atomic E-state index is 0.0427. The molecule has 1 aliphatic rings. The molecule has 2 aromatic rings. The Labute approximate surface area is 227 Å². The molecular formula is C25H30Cl3N3O4S. The SMILES string of the molecule is CC[C@H](C(=O)NC1CCCC1)N(Cc1ccccc1Cl)C(=O)CN(c1ccc(Cl)cc1Cl)S(C)(=O)=O. The number of amides is 2. The van der Waals surface area contributed by atoms with Gasteiger partial charge in [0.25, 0.3) is 0 Å². The van der Waals surface area contributed by atoms with Crippen molar-refractivity contribution in [3.05, 3.63) is 63.1 Å². The number of carbonyl (C=O) groups is 2. The summed E-state index contributed by atoms with van der Waals surface area (Å²) in [6.45, 7) is 1.31. The van der Waals surface area contributed by atoms with Gasteiger partial charge in [0.15, 0.2) is 0 Å². The summed E-state index contributed by atoms with van der Waals surface area (Å²) in [4.78, 5) is 28.4. The van der Waals surface area contributed by atoms with E-state index in [1.54, 1.807) is 24.3 Å². The number of hydrogen-bond donors (Lipinski definition) is 1. The second-order valence-corrected chi connectivity index (χ2v) is 12.1. The van der Waals surface area contributed by atoms with Crippen LogP contribution in [-0.2, 0) is 26.2 Å². The molecule has 0 aliphatic heterocycles. The molecule has 0 heterocycles. The van der Waals surface area contributed by atoms with E-state index in [1.807, 2.05) is 6.92 Å². The summed E-state index contributed by atoms with van der Waals surface area (Å²) in [6, 6.07) is 10.7. The lowest BCUT2D eigenvalue weighted by Gasteiger charge is -2.33. The molecule has 0 aromatic heterocycles. The van der Waals surface area contributed by atoms with Gasteiger partial charge in [0.05, 0.1) is 17.0 Å². The number of nitrogens with zero attached hydrogens (tertiary/aromatic N) is 2. The molecule has 0 radical (unpaired) electrons. The molecule has 11 heteroatoms. The molecular weight excluding hydrogens is 545 g/mol. The van der Waals surface area contributed by atoms with Crippen molar-refractivity contribution in [2.45, 2.75) is 57.7 Å². The first-order chi connectivity index (χ1) is 17.0. The summed E-state index contributed by atoms with van der Waals surface area (Å²) < 4.78 is 26.3. The summed E-state index contributed by atoms with van der Waals surface area (Å²) in [5, 5.41) is 3.93. The van der Waals surface area contributed by atoms with E-state index in [9.17, 15) is 18.0 Å². The first-order valence-corrected chi connectivity index (χ1v) is 14.8. The highest BCUT2D eigenvalue weighted by molar-refractivity contribution is 7.92. The van der Waals surface area contributed by atoms with Crippen molar-refractivity contribution in [1.82, 2.24) is 10.2 Å². The fourth-order valence-corrected chi connectivity index (χ4v) is 5.99. The topological polar surface area (TPSA) is 86.8 Å². The van der Waals surface area contributed by atoms with Crippen LogP contribution in [0.2, 0.25) is 15.1 Å². The van der Waals surface area contributed by atoms with Crippen molar-refractivity contribution in [2.75, 3.05) is 17.1 Å². The van der Waals surface area contributed by atoms with Gasteiger partial charge in [-0.1, -0.05) is 72.8 Å². The van der Waals surface area contributed by atoms with Gasteiger partial charge in [0.2, 0.25) is 21.8 Å². The smallest absolute Gasteiger partial charge is 0.244 e. The Morgan fingerprint density at radius 2 is 1.72 bits per heavy atom. The number of sulfonamides is 1. The maximum absolute atomic E-state index is 13.7. The van der Waals surface area contributed by atoms with E-state index in [2.05, 4.69) is 5.32 Å². The zero-order chi connectivity index (χ0) is 26.5. The minimum Gasteiger partial charge on any atom is -0.352 e. The van der Waals surface area contributed by atoms with Gasteiger partial charge < -0.3 is 10.2 Å². The third kappa shape index (κ3) is 7.28. The van der Waals surface area contributed by atoms with E-state index >= 15 is 0 Å². The Hall–Kier alpha value is -2.00. The predicted molar refractivity (Wildman–Crippen MR) is 145 cm³/mol. The number of nitrogens with one attached hydrogen (secondary N) is 1. The zero-order valence-corrected chi connectivity index (χ0v) is 23.3. The fraction of sp³-hybridized carbons (Fsp3) is 0.440. The lowest BCUT2D eigenvalue weighted by atomic mass is 10.1. The largest absolute Gasteiger partial charge is 0.352 e. The molecule has 0 saturated heterocycles. The van der Waals surface area contributed by atoms with Crippen LogP contribution in [-0.4, -0.2) is 50.0 Å². The second kappa shape index (κ2) is 12.5. The van der Waals surface area contributed by atoms with E-state index in [0.29, 0.717) is 22.0 Å². The number of rotatable bonds is 10. The molecule has 1 atom stereocenters. The molecule has 1 saturated carbocycles. The van der Waals surface area contributed by atoms with Crippen LogP contribution in [0.5, 0.6) is 0 Å². The van der Waals surface area contributed by atoms with Crippen LogP contribution in [0.25, 0.3) is 0 Å². The molecule has 1 aliphatic carbocycles. The first kappa shape index (κ1) is 28.6. The van der Waals surface area contributed by atoms with Crippen LogP contribution in [0, 0.1) is 0 Å². The number of carbonyl (C=O) groups excluding carboxylic acids is 2. The Balaban J connectivity index is 1.95. The maximum atomic E-state index is 13.7. The van der Waals surface area contributed by atoms with Crippen LogP contribution >= 0.6 is 34.8 Å². The molecule has 196 valence electrons. The van der Waals surface area contributed by atoms with Gasteiger partial charge in [0, 0.05) is 22.6 Å². The lowest BCUT2D eigenvalue weighted by Crippen LogP contribution is -2.53. The van der Waals surface area contributed by atoms with Crippen LogP contribution in [0.4, 0.5) is 5.69 Å². The monoisotopic (exact) mass is 573 g/mol. The van der Waals surface area contributed by atoms with Gasteiger partial charge >= 0.3 is 0 Å². The van der Waals surface area contributed by atoms with E-state index in [0.717, 1.165) is 36.2 Å². The van der Waals surface area contributed by atoms with Crippen molar-refractivity contribution in [3.8, 4) is 0 Å². The van der Waals surface area contributed by atoms with Crippen molar-refractivity contribution in [2.24, 2.45) is 0 Å². The van der Waals surface area contributed by atoms with E-state index in [-0.39, 0.29) is 29.2 Å². The summed E-state index contributed by atoms with van der Waals surface area (Å²) in [5.41, 5.74) is 0.771. The Morgan fingerprint density at radius 1 is 1.06 bits per heavy atom. The third-order valence-electron chi connectivity index (χ3n) is 6.24.